The van der Waals surface area contributed by atoms with Gasteiger partial charge in [-0.25, -0.2) is 4.39 Å². The van der Waals surface area contributed by atoms with E-state index < -0.39 is 11.3 Å². The lowest BCUT2D eigenvalue weighted by Crippen LogP contribution is -2.53. The van der Waals surface area contributed by atoms with E-state index in [0.717, 1.165) is 17.5 Å². The summed E-state index contributed by atoms with van der Waals surface area (Å²) in [6.07, 6.45) is 1.48. The van der Waals surface area contributed by atoms with E-state index in [4.69, 9.17) is 16.2 Å². The van der Waals surface area contributed by atoms with Crippen molar-refractivity contribution in [2.24, 2.45) is 16.9 Å². The number of likely N-dealkylation sites (tertiary alicyclic amines) is 1. The number of ether oxygens (including phenoxy) is 1. The molecule has 2 aromatic rings. The highest BCUT2D eigenvalue weighted by Gasteiger charge is 2.43. The number of nitrogens with zero attached hydrogens (tertiary/aromatic N) is 1. The number of carbonyl (C=O) groups excluding carboxylic acids is 3. The Bertz CT molecular complexity index is 1030. The van der Waals surface area contributed by atoms with Crippen molar-refractivity contribution in [1.29, 1.82) is 0 Å². The molecule has 182 valence electrons. The van der Waals surface area contributed by atoms with Crippen LogP contribution in [0, 0.1) is 11.2 Å². The molecule has 0 atom stereocenters. The summed E-state index contributed by atoms with van der Waals surface area (Å²) in [5.74, 6) is -1.04. The van der Waals surface area contributed by atoms with Gasteiger partial charge in [-0.1, -0.05) is 25.1 Å². The molecule has 0 saturated carbocycles. The summed E-state index contributed by atoms with van der Waals surface area (Å²) in [6, 6.07) is 11.1. The summed E-state index contributed by atoms with van der Waals surface area (Å²) in [6.45, 7) is 2.86. The van der Waals surface area contributed by atoms with Gasteiger partial charge in [0, 0.05) is 19.6 Å². The Kier molecular flexibility index (Phi) is 8.22. The third-order valence-corrected chi connectivity index (χ3v) is 6.32. The van der Waals surface area contributed by atoms with Gasteiger partial charge in [-0.2, -0.15) is 0 Å². The molecule has 0 aromatic heterocycles. The first-order chi connectivity index (χ1) is 16.3. The predicted molar refractivity (Wildman–Crippen MR) is 125 cm³/mol. The molecule has 0 aliphatic carbocycles. The number of halogens is 1. The number of carbonyl (C=O) groups is 3. The van der Waals surface area contributed by atoms with E-state index in [-0.39, 0.29) is 42.9 Å². The molecule has 1 aliphatic heterocycles. The van der Waals surface area contributed by atoms with Crippen LogP contribution in [0.25, 0.3) is 0 Å². The summed E-state index contributed by atoms with van der Waals surface area (Å²) in [5.41, 5.74) is 12.1. The number of hydrogen-bond donors (Lipinski definition) is 3. The molecule has 1 heterocycles. The third-order valence-electron chi connectivity index (χ3n) is 6.32. The zero-order valence-corrected chi connectivity index (χ0v) is 19.3. The first-order valence-corrected chi connectivity index (χ1v) is 11.3. The summed E-state index contributed by atoms with van der Waals surface area (Å²) < 4.78 is 19.3. The van der Waals surface area contributed by atoms with Crippen molar-refractivity contribution >= 4 is 17.7 Å². The SMILES string of the molecule is CCc1ccc(C(N)=O)c(OCC2(C(=O)NCc3ccc(F)cc3)CCN(C(=O)CN)CC2)c1. The minimum Gasteiger partial charge on any atom is -0.492 e. The lowest BCUT2D eigenvalue weighted by atomic mass is 9.78. The van der Waals surface area contributed by atoms with Crippen LogP contribution in [0.5, 0.6) is 5.75 Å². The molecular weight excluding hydrogens is 439 g/mol. The van der Waals surface area contributed by atoms with E-state index in [9.17, 15) is 18.8 Å². The molecule has 0 radical (unpaired) electrons. The van der Waals surface area contributed by atoms with E-state index in [1.54, 1.807) is 29.2 Å². The third kappa shape index (κ3) is 5.91. The Morgan fingerprint density at radius 1 is 1.09 bits per heavy atom. The smallest absolute Gasteiger partial charge is 0.252 e. The van der Waals surface area contributed by atoms with E-state index >= 15 is 0 Å². The highest BCUT2D eigenvalue weighted by molar-refractivity contribution is 5.95. The van der Waals surface area contributed by atoms with Gasteiger partial charge in [-0.3, -0.25) is 14.4 Å². The largest absolute Gasteiger partial charge is 0.492 e. The molecule has 0 bridgehead atoms. The average Bonchev–Trinajstić information content (AvgIpc) is 2.86. The number of primary amides is 1. The molecule has 34 heavy (non-hydrogen) atoms. The van der Waals surface area contributed by atoms with Gasteiger partial charge in [0.15, 0.2) is 0 Å². The second-order valence-corrected chi connectivity index (χ2v) is 8.51. The molecule has 3 amide bonds. The van der Waals surface area contributed by atoms with Crippen molar-refractivity contribution in [1.82, 2.24) is 10.2 Å². The molecule has 5 N–H and O–H groups in total. The number of nitrogens with one attached hydrogen (secondary N) is 1. The molecule has 1 saturated heterocycles. The number of hydrogen-bond acceptors (Lipinski definition) is 5. The Balaban J connectivity index is 1.79. The molecule has 0 unspecified atom stereocenters. The van der Waals surface area contributed by atoms with Crippen LogP contribution in [0.4, 0.5) is 4.39 Å². The Morgan fingerprint density at radius 3 is 2.32 bits per heavy atom. The van der Waals surface area contributed by atoms with Crippen LogP contribution >= 0.6 is 0 Å². The zero-order chi connectivity index (χ0) is 24.7. The van der Waals surface area contributed by atoms with Crippen LogP contribution in [0.2, 0.25) is 0 Å². The summed E-state index contributed by atoms with van der Waals surface area (Å²) in [7, 11) is 0. The number of amides is 3. The van der Waals surface area contributed by atoms with Gasteiger partial charge in [0.05, 0.1) is 17.5 Å². The lowest BCUT2D eigenvalue weighted by molar-refractivity contribution is -0.141. The van der Waals surface area contributed by atoms with Crippen molar-refractivity contribution < 1.29 is 23.5 Å². The fourth-order valence-electron chi connectivity index (χ4n) is 4.05. The molecule has 1 aliphatic rings. The fourth-order valence-corrected chi connectivity index (χ4v) is 4.05. The number of aryl methyl sites for hydroxylation is 1. The van der Waals surface area contributed by atoms with Gasteiger partial charge < -0.3 is 26.4 Å². The van der Waals surface area contributed by atoms with Crippen LogP contribution in [-0.4, -0.2) is 48.9 Å². The van der Waals surface area contributed by atoms with Gasteiger partial charge >= 0.3 is 0 Å². The highest BCUT2D eigenvalue weighted by Crippen LogP contribution is 2.34. The summed E-state index contributed by atoms with van der Waals surface area (Å²) in [4.78, 5) is 39.0. The molecule has 9 heteroatoms. The van der Waals surface area contributed by atoms with Crippen LogP contribution in [0.1, 0.15) is 41.3 Å². The van der Waals surface area contributed by atoms with E-state index in [2.05, 4.69) is 5.32 Å². The molecule has 0 spiro atoms. The van der Waals surface area contributed by atoms with Gasteiger partial charge in [-0.05, 0) is 54.7 Å². The normalized spacial score (nSPS) is 15.0. The van der Waals surface area contributed by atoms with Gasteiger partial charge in [0.1, 0.15) is 18.2 Å². The second-order valence-electron chi connectivity index (χ2n) is 8.51. The first kappa shape index (κ1) is 25.2. The number of piperidine rings is 1. The molecule has 8 nitrogen and oxygen atoms in total. The van der Waals surface area contributed by atoms with Crippen LogP contribution in [0.15, 0.2) is 42.5 Å². The van der Waals surface area contributed by atoms with Crippen molar-refractivity contribution in [3.8, 4) is 5.75 Å². The van der Waals surface area contributed by atoms with Crippen LogP contribution < -0.4 is 21.5 Å². The minimum atomic E-state index is -0.928. The fraction of sp³-hybridized carbons (Fsp3) is 0.400. The standard InChI is InChI=1S/C25H31FN4O4/c1-2-17-5-8-20(23(28)32)21(13-17)34-16-25(9-11-30(12-10-25)22(31)14-27)24(33)29-15-18-3-6-19(26)7-4-18/h3-8,13H,2,9-12,14-16,27H2,1H3,(H2,28,32)(H,29,33). The van der Waals surface area contributed by atoms with Gasteiger partial charge in [-0.15, -0.1) is 0 Å². The number of benzene rings is 2. The van der Waals surface area contributed by atoms with Crippen LogP contribution in [0.3, 0.4) is 0 Å². The molecular formula is C25H31FN4O4. The van der Waals surface area contributed by atoms with Crippen molar-refractivity contribution in [3.05, 3.63) is 65.0 Å². The van der Waals surface area contributed by atoms with Gasteiger partial charge in [0.2, 0.25) is 11.8 Å². The Labute approximate surface area is 198 Å². The minimum absolute atomic E-state index is 0.0142. The van der Waals surface area contributed by atoms with Crippen molar-refractivity contribution in [2.45, 2.75) is 32.7 Å². The maximum Gasteiger partial charge on any atom is 0.252 e. The summed E-state index contributed by atoms with van der Waals surface area (Å²) in [5, 5.41) is 2.92. The molecule has 2 aromatic carbocycles. The van der Waals surface area contributed by atoms with Crippen LogP contribution in [-0.2, 0) is 22.6 Å². The zero-order valence-electron chi connectivity index (χ0n) is 19.3. The first-order valence-electron chi connectivity index (χ1n) is 11.3. The van der Waals surface area contributed by atoms with Crippen molar-refractivity contribution in [2.75, 3.05) is 26.2 Å². The number of rotatable bonds is 9. The molecule has 3 rings (SSSR count). The maximum atomic E-state index is 13.4. The topological polar surface area (TPSA) is 128 Å². The highest BCUT2D eigenvalue weighted by atomic mass is 19.1. The average molecular weight is 471 g/mol. The summed E-state index contributed by atoms with van der Waals surface area (Å²) >= 11 is 0. The predicted octanol–water partition coefficient (Wildman–Crippen LogP) is 1.75. The maximum absolute atomic E-state index is 13.4. The van der Waals surface area contributed by atoms with E-state index in [0.29, 0.717) is 31.7 Å². The van der Waals surface area contributed by atoms with E-state index in [1.807, 2.05) is 13.0 Å². The number of nitrogens with two attached hydrogens (primary N) is 2. The second kappa shape index (κ2) is 11.1. The Morgan fingerprint density at radius 2 is 1.74 bits per heavy atom. The quantitative estimate of drug-likeness (QED) is 0.514. The lowest BCUT2D eigenvalue weighted by Gasteiger charge is -2.40. The monoisotopic (exact) mass is 470 g/mol. The van der Waals surface area contributed by atoms with Gasteiger partial charge in [0.25, 0.3) is 5.91 Å². The molecule has 1 fully saturated rings. The van der Waals surface area contributed by atoms with E-state index in [1.165, 1.54) is 12.1 Å². The Hall–Kier alpha value is -3.46. The van der Waals surface area contributed by atoms with Crippen molar-refractivity contribution in [3.63, 3.8) is 0 Å².